The highest BCUT2D eigenvalue weighted by Crippen LogP contribution is 2.29. The lowest BCUT2D eigenvalue weighted by Gasteiger charge is -2.12. The first-order valence-corrected chi connectivity index (χ1v) is 10.2. The first-order valence-electron chi connectivity index (χ1n) is 9.40. The number of thiazole rings is 1. The van der Waals surface area contributed by atoms with Crippen molar-refractivity contribution < 1.29 is 19.0 Å². The summed E-state index contributed by atoms with van der Waals surface area (Å²) in [6.45, 7) is 3.86. The van der Waals surface area contributed by atoms with Crippen LogP contribution in [-0.4, -0.2) is 36.8 Å². The average molecular weight is 398 g/mol. The van der Waals surface area contributed by atoms with E-state index in [1.807, 2.05) is 37.3 Å². The molecular weight excluding hydrogens is 376 g/mol. The van der Waals surface area contributed by atoms with Gasteiger partial charge in [-0.25, -0.2) is 4.98 Å². The molecule has 28 heavy (non-hydrogen) atoms. The number of rotatable bonds is 7. The summed E-state index contributed by atoms with van der Waals surface area (Å²) >= 11 is 1.42. The first kappa shape index (κ1) is 18.7. The summed E-state index contributed by atoms with van der Waals surface area (Å²) in [6.07, 6.45) is 2.23. The normalized spacial score (nSPS) is 16.2. The fourth-order valence-electron chi connectivity index (χ4n) is 3.08. The van der Waals surface area contributed by atoms with Crippen molar-refractivity contribution in [3.63, 3.8) is 0 Å². The fraction of sp³-hybridized carbons (Fsp3) is 0.333. The number of aromatic nitrogens is 1. The average Bonchev–Trinajstić information content (AvgIpc) is 3.36. The molecular formula is C21H22N2O4S. The van der Waals surface area contributed by atoms with Crippen molar-refractivity contribution in [2.75, 3.05) is 25.1 Å². The molecule has 1 saturated heterocycles. The zero-order valence-corrected chi connectivity index (χ0v) is 16.5. The summed E-state index contributed by atoms with van der Waals surface area (Å²) in [5.41, 5.74) is 1.36. The molecule has 1 fully saturated rings. The van der Waals surface area contributed by atoms with Crippen LogP contribution in [0.5, 0.6) is 11.5 Å². The molecule has 1 unspecified atom stereocenters. The lowest BCUT2D eigenvalue weighted by molar-refractivity contribution is 0.0679. The van der Waals surface area contributed by atoms with Gasteiger partial charge in [0.25, 0.3) is 5.91 Å². The van der Waals surface area contributed by atoms with Crippen molar-refractivity contribution in [3.05, 3.63) is 48.0 Å². The minimum atomic E-state index is -0.216. The molecule has 0 saturated carbocycles. The van der Waals surface area contributed by atoms with Crippen LogP contribution in [0, 0.1) is 0 Å². The first-order chi connectivity index (χ1) is 13.7. The molecule has 2 aromatic carbocycles. The van der Waals surface area contributed by atoms with E-state index in [0.29, 0.717) is 29.7 Å². The van der Waals surface area contributed by atoms with Crippen molar-refractivity contribution in [2.45, 2.75) is 25.9 Å². The summed E-state index contributed by atoms with van der Waals surface area (Å²) in [5, 5.41) is 3.43. The van der Waals surface area contributed by atoms with Gasteiger partial charge in [-0.3, -0.25) is 10.1 Å². The van der Waals surface area contributed by atoms with Crippen molar-refractivity contribution in [3.8, 4) is 11.5 Å². The van der Waals surface area contributed by atoms with E-state index in [9.17, 15) is 4.79 Å². The van der Waals surface area contributed by atoms with Crippen LogP contribution in [0.1, 0.15) is 30.1 Å². The van der Waals surface area contributed by atoms with Crippen molar-refractivity contribution in [1.29, 1.82) is 0 Å². The van der Waals surface area contributed by atoms with Crippen LogP contribution < -0.4 is 14.8 Å². The molecule has 4 rings (SSSR count). The number of hydrogen-bond acceptors (Lipinski definition) is 6. The third-order valence-corrected chi connectivity index (χ3v) is 5.38. The SMILES string of the molecule is CCOc1ccc2nc(NC(=O)c3cccc(OCC4CCCO4)c3)sc2c1. The number of carbonyl (C=O) groups is 1. The predicted octanol–water partition coefficient (Wildman–Crippen LogP) is 4.51. The number of hydrogen-bond donors (Lipinski definition) is 1. The second-order valence-electron chi connectivity index (χ2n) is 6.51. The van der Waals surface area contributed by atoms with E-state index in [1.54, 1.807) is 12.1 Å². The van der Waals surface area contributed by atoms with E-state index >= 15 is 0 Å². The number of anilines is 1. The highest BCUT2D eigenvalue weighted by Gasteiger charge is 2.16. The van der Waals surface area contributed by atoms with Gasteiger partial charge in [-0.05, 0) is 56.2 Å². The summed E-state index contributed by atoms with van der Waals surface area (Å²) < 4.78 is 17.8. The maximum Gasteiger partial charge on any atom is 0.257 e. The van der Waals surface area contributed by atoms with Crippen LogP contribution in [0.15, 0.2) is 42.5 Å². The number of benzene rings is 2. The molecule has 1 atom stereocenters. The van der Waals surface area contributed by atoms with Crippen LogP contribution in [0.4, 0.5) is 5.13 Å². The fourth-order valence-corrected chi connectivity index (χ4v) is 3.97. The van der Waals surface area contributed by atoms with Gasteiger partial charge < -0.3 is 14.2 Å². The standard InChI is InChI=1S/C21H22N2O4S/c1-2-25-16-8-9-18-19(12-16)28-21(22-18)23-20(24)14-5-3-6-15(11-14)27-13-17-7-4-10-26-17/h3,5-6,8-9,11-12,17H,2,4,7,10,13H2,1H3,(H,22,23,24). The molecule has 0 radical (unpaired) electrons. The van der Waals surface area contributed by atoms with Gasteiger partial charge in [0.1, 0.15) is 18.1 Å². The molecule has 7 heteroatoms. The van der Waals surface area contributed by atoms with E-state index in [1.165, 1.54) is 11.3 Å². The molecule has 1 N–H and O–H groups in total. The maximum absolute atomic E-state index is 12.6. The van der Waals surface area contributed by atoms with Crippen molar-refractivity contribution >= 4 is 32.6 Å². The smallest absolute Gasteiger partial charge is 0.257 e. The largest absolute Gasteiger partial charge is 0.494 e. The van der Waals surface area contributed by atoms with E-state index < -0.39 is 0 Å². The van der Waals surface area contributed by atoms with Gasteiger partial charge in [-0.2, -0.15) is 0 Å². The Morgan fingerprint density at radius 1 is 1.25 bits per heavy atom. The second-order valence-corrected chi connectivity index (χ2v) is 7.54. The Morgan fingerprint density at radius 2 is 2.14 bits per heavy atom. The van der Waals surface area contributed by atoms with Crippen molar-refractivity contribution in [1.82, 2.24) is 4.98 Å². The number of ether oxygens (including phenoxy) is 3. The molecule has 3 aromatic rings. The Hall–Kier alpha value is -2.64. The monoisotopic (exact) mass is 398 g/mol. The molecule has 0 aliphatic carbocycles. The molecule has 0 spiro atoms. The van der Waals surface area contributed by atoms with Gasteiger partial charge in [0.05, 0.1) is 22.9 Å². The molecule has 0 bridgehead atoms. The third kappa shape index (κ3) is 4.43. The van der Waals surface area contributed by atoms with Crippen LogP contribution >= 0.6 is 11.3 Å². The summed E-state index contributed by atoms with van der Waals surface area (Å²) in [4.78, 5) is 17.1. The van der Waals surface area contributed by atoms with Gasteiger partial charge in [0, 0.05) is 12.2 Å². The van der Waals surface area contributed by atoms with Crippen LogP contribution in [0.25, 0.3) is 10.2 Å². The van der Waals surface area contributed by atoms with Crippen LogP contribution in [0.3, 0.4) is 0 Å². The van der Waals surface area contributed by atoms with Crippen molar-refractivity contribution in [2.24, 2.45) is 0 Å². The Labute approximate surface area is 167 Å². The van der Waals surface area contributed by atoms with E-state index in [2.05, 4.69) is 10.3 Å². The number of carbonyl (C=O) groups excluding carboxylic acids is 1. The number of nitrogens with one attached hydrogen (secondary N) is 1. The Bertz CT molecular complexity index is 966. The number of fused-ring (bicyclic) bond motifs is 1. The molecule has 2 heterocycles. The highest BCUT2D eigenvalue weighted by molar-refractivity contribution is 7.22. The molecule has 6 nitrogen and oxygen atoms in total. The maximum atomic E-state index is 12.6. The lowest BCUT2D eigenvalue weighted by Crippen LogP contribution is -2.16. The molecule has 1 amide bonds. The van der Waals surface area contributed by atoms with Gasteiger partial charge in [-0.1, -0.05) is 17.4 Å². The van der Waals surface area contributed by atoms with Crippen LogP contribution in [-0.2, 0) is 4.74 Å². The van der Waals surface area contributed by atoms with E-state index in [-0.39, 0.29) is 12.0 Å². The predicted molar refractivity (Wildman–Crippen MR) is 110 cm³/mol. The van der Waals surface area contributed by atoms with Crippen LogP contribution in [0.2, 0.25) is 0 Å². The second kappa shape index (κ2) is 8.58. The Balaban J connectivity index is 1.42. The third-order valence-electron chi connectivity index (χ3n) is 4.45. The van der Waals surface area contributed by atoms with Gasteiger partial charge in [0.15, 0.2) is 5.13 Å². The topological polar surface area (TPSA) is 69.7 Å². The number of amides is 1. The Morgan fingerprint density at radius 3 is 2.96 bits per heavy atom. The van der Waals surface area contributed by atoms with Gasteiger partial charge >= 0.3 is 0 Å². The minimum absolute atomic E-state index is 0.141. The summed E-state index contributed by atoms with van der Waals surface area (Å²) in [6, 6.07) is 12.9. The quantitative estimate of drug-likeness (QED) is 0.634. The molecule has 1 aromatic heterocycles. The molecule has 1 aliphatic heterocycles. The Kier molecular flexibility index (Phi) is 5.73. The summed E-state index contributed by atoms with van der Waals surface area (Å²) in [7, 11) is 0. The number of nitrogens with zero attached hydrogens (tertiary/aromatic N) is 1. The zero-order chi connectivity index (χ0) is 19.3. The minimum Gasteiger partial charge on any atom is -0.494 e. The lowest BCUT2D eigenvalue weighted by atomic mass is 10.2. The molecule has 1 aliphatic rings. The zero-order valence-electron chi connectivity index (χ0n) is 15.6. The molecule has 146 valence electrons. The summed E-state index contributed by atoms with van der Waals surface area (Å²) in [5.74, 6) is 1.24. The van der Waals surface area contributed by atoms with Gasteiger partial charge in [0.2, 0.25) is 0 Å². The highest BCUT2D eigenvalue weighted by atomic mass is 32.1. The van der Waals surface area contributed by atoms with E-state index in [0.717, 1.165) is 35.4 Å². The van der Waals surface area contributed by atoms with Gasteiger partial charge in [-0.15, -0.1) is 0 Å². The van der Waals surface area contributed by atoms with E-state index in [4.69, 9.17) is 14.2 Å².